The molecule has 0 saturated heterocycles. The van der Waals surface area contributed by atoms with Crippen LogP contribution in [0.1, 0.15) is 43.2 Å². The molecule has 3 heterocycles. The number of para-hydroxylation sites is 1. The Morgan fingerprint density at radius 2 is 1.26 bits per heavy atom. The third-order valence-electron chi connectivity index (χ3n) is 11.3. The second-order valence-corrected chi connectivity index (χ2v) is 15.1. The van der Waals surface area contributed by atoms with E-state index in [0.717, 1.165) is 60.2 Å². The molecule has 6 aromatic carbocycles. The van der Waals surface area contributed by atoms with Crippen molar-refractivity contribution in [2.75, 3.05) is 0 Å². The van der Waals surface area contributed by atoms with Crippen LogP contribution < -0.4 is 0 Å². The summed E-state index contributed by atoms with van der Waals surface area (Å²) in [6, 6.07) is 48.4. The molecule has 11 rings (SSSR count). The van der Waals surface area contributed by atoms with Gasteiger partial charge in [0.15, 0.2) is 5.82 Å². The Bertz CT molecular complexity index is 2820. The van der Waals surface area contributed by atoms with Gasteiger partial charge in [-0.05, 0) is 82.6 Å². The van der Waals surface area contributed by atoms with Crippen molar-refractivity contribution >= 4 is 53.6 Å². The first-order valence-corrected chi connectivity index (χ1v) is 18.5. The molecule has 1 spiro atoms. The van der Waals surface area contributed by atoms with Gasteiger partial charge in [-0.2, -0.15) is 0 Å². The van der Waals surface area contributed by atoms with Gasteiger partial charge in [-0.15, -0.1) is 11.3 Å². The zero-order valence-corrected chi connectivity index (χ0v) is 28.3. The molecule has 3 nitrogen and oxygen atoms in total. The Labute approximate surface area is 293 Å². The quantitative estimate of drug-likeness (QED) is 0.189. The zero-order valence-electron chi connectivity index (χ0n) is 27.4. The lowest BCUT2D eigenvalue weighted by molar-refractivity contribution is 0.353. The lowest BCUT2D eigenvalue weighted by Gasteiger charge is -2.36. The molecule has 0 bridgehead atoms. The van der Waals surface area contributed by atoms with Crippen molar-refractivity contribution in [3.05, 3.63) is 145 Å². The molecular weight excluding hydrogens is 629 g/mol. The van der Waals surface area contributed by atoms with E-state index in [9.17, 15) is 0 Å². The number of aromatic nitrogens is 2. The van der Waals surface area contributed by atoms with E-state index in [2.05, 4.69) is 121 Å². The summed E-state index contributed by atoms with van der Waals surface area (Å²) >= 11 is 1.76. The molecule has 0 N–H and O–H groups in total. The van der Waals surface area contributed by atoms with Crippen molar-refractivity contribution in [3.63, 3.8) is 0 Å². The lowest BCUT2D eigenvalue weighted by Crippen LogP contribution is -2.27. The highest BCUT2D eigenvalue weighted by Crippen LogP contribution is 2.56. The first kappa shape index (κ1) is 28.3. The minimum absolute atomic E-state index is 0.166. The van der Waals surface area contributed by atoms with Crippen LogP contribution in [-0.4, -0.2) is 9.97 Å². The fourth-order valence-corrected chi connectivity index (χ4v) is 10.1. The Hall–Kier alpha value is -5.58. The smallest absolute Gasteiger partial charge is 0.160 e. The van der Waals surface area contributed by atoms with Gasteiger partial charge < -0.3 is 4.42 Å². The monoisotopic (exact) mass is 660 g/mol. The van der Waals surface area contributed by atoms with Gasteiger partial charge in [0.1, 0.15) is 11.2 Å². The Balaban J connectivity index is 1.07. The van der Waals surface area contributed by atoms with Crippen LogP contribution in [0.4, 0.5) is 0 Å². The van der Waals surface area contributed by atoms with Crippen LogP contribution in [0, 0.1) is 0 Å². The molecule has 0 aliphatic heterocycles. The third kappa shape index (κ3) is 4.09. The molecule has 0 unspecified atom stereocenters. The number of rotatable bonds is 3. The first-order chi connectivity index (χ1) is 24.7. The SMILES string of the molecule is c1cc(-c2ccc3c(c2)-c2ccccc2C32CCCCC2)cc(-c2nc(-c3ccc4c(c3)oc3ccccc34)c3sc4ccccc4c3n2)c1. The van der Waals surface area contributed by atoms with Crippen LogP contribution in [0.3, 0.4) is 0 Å². The highest BCUT2D eigenvalue weighted by molar-refractivity contribution is 7.26. The van der Waals surface area contributed by atoms with Gasteiger partial charge in [-0.3, -0.25) is 0 Å². The maximum atomic E-state index is 6.32. The fraction of sp³-hybridized carbons (Fsp3) is 0.130. The van der Waals surface area contributed by atoms with Gasteiger partial charge in [-0.25, -0.2) is 9.97 Å². The molecule has 3 aromatic heterocycles. The molecular formula is C46H32N2OS. The molecule has 238 valence electrons. The van der Waals surface area contributed by atoms with Gasteiger partial charge in [0.2, 0.25) is 0 Å². The summed E-state index contributed by atoms with van der Waals surface area (Å²) in [5.41, 5.74) is 14.2. The van der Waals surface area contributed by atoms with E-state index in [1.165, 1.54) is 70.2 Å². The van der Waals surface area contributed by atoms with E-state index in [4.69, 9.17) is 14.4 Å². The minimum atomic E-state index is 0.166. The van der Waals surface area contributed by atoms with Crippen LogP contribution in [0.2, 0.25) is 0 Å². The molecule has 50 heavy (non-hydrogen) atoms. The molecule has 0 amide bonds. The van der Waals surface area contributed by atoms with Crippen LogP contribution in [0.5, 0.6) is 0 Å². The average molecular weight is 661 g/mol. The van der Waals surface area contributed by atoms with Gasteiger partial charge in [0.05, 0.1) is 15.9 Å². The van der Waals surface area contributed by atoms with Crippen molar-refractivity contribution in [2.45, 2.75) is 37.5 Å². The van der Waals surface area contributed by atoms with E-state index < -0.39 is 0 Å². The second kappa shape index (κ2) is 10.7. The predicted octanol–water partition coefficient (Wildman–Crippen LogP) is 13.0. The fourth-order valence-electron chi connectivity index (χ4n) is 8.97. The summed E-state index contributed by atoms with van der Waals surface area (Å²) in [5, 5.41) is 3.41. The van der Waals surface area contributed by atoms with Gasteiger partial charge >= 0.3 is 0 Å². The number of hydrogen-bond donors (Lipinski definition) is 0. The van der Waals surface area contributed by atoms with E-state index in [1.54, 1.807) is 11.3 Å². The number of thiophene rings is 1. The largest absolute Gasteiger partial charge is 0.456 e. The Morgan fingerprint density at radius 3 is 2.20 bits per heavy atom. The molecule has 0 radical (unpaired) electrons. The Morgan fingerprint density at radius 1 is 0.520 bits per heavy atom. The van der Waals surface area contributed by atoms with E-state index in [0.29, 0.717) is 0 Å². The maximum absolute atomic E-state index is 6.32. The number of nitrogens with zero attached hydrogens (tertiary/aromatic N) is 2. The highest BCUT2D eigenvalue weighted by Gasteiger charge is 2.43. The van der Waals surface area contributed by atoms with E-state index in [-0.39, 0.29) is 5.41 Å². The standard InChI is InChI=1S/C46H32N2OS/c1-8-23-46(24-9-1)37-16-5-2-13-32(37)36-26-29(20-22-38(36)46)28-11-10-12-31(25-28)45-47-42(44-43(48-45)35-15-4-7-18-41(35)50-44)30-19-21-34-33-14-3-6-17-39(33)49-40(34)27-30/h2-7,10-22,25-27H,1,8-9,23-24H2. The molecule has 4 heteroatoms. The number of furan rings is 1. The van der Waals surface area contributed by atoms with Crippen LogP contribution >= 0.6 is 11.3 Å². The number of hydrogen-bond acceptors (Lipinski definition) is 4. The molecule has 9 aromatic rings. The lowest BCUT2D eigenvalue weighted by atomic mass is 9.68. The summed E-state index contributed by atoms with van der Waals surface area (Å²) in [6.07, 6.45) is 6.43. The Kier molecular flexibility index (Phi) is 6.06. The summed E-state index contributed by atoms with van der Waals surface area (Å²) in [6.45, 7) is 0. The van der Waals surface area contributed by atoms with Crippen LogP contribution in [0.25, 0.3) is 87.1 Å². The first-order valence-electron chi connectivity index (χ1n) is 17.7. The van der Waals surface area contributed by atoms with E-state index >= 15 is 0 Å². The van der Waals surface area contributed by atoms with E-state index in [1.807, 2.05) is 12.1 Å². The topological polar surface area (TPSA) is 38.9 Å². The minimum Gasteiger partial charge on any atom is -0.456 e. The number of benzene rings is 6. The molecule has 2 aliphatic carbocycles. The molecule has 2 aliphatic rings. The van der Waals surface area contributed by atoms with Crippen LogP contribution in [-0.2, 0) is 5.41 Å². The second-order valence-electron chi connectivity index (χ2n) is 14.0. The molecule has 1 saturated carbocycles. The van der Waals surface area contributed by atoms with Crippen molar-refractivity contribution in [3.8, 4) is 44.9 Å². The zero-order chi connectivity index (χ0) is 32.8. The van der Waals surface area contributed by atoms with Crippen molar-refractivity contribution in [2.24, 2.45) is 0 Å². The third-order valence-corrected chi connectivity index (χ3v) is 12.5. The molecule has 0 atom stereocenters. The predicted molar refractivity (Wildman–Crippen MR) is 208 cm³/mol. The summed E-state index contributed by atoms with van der Waals surface area (Å²) in [4.78, 5) is 10.6. The van der Waals surface area contributed by atoms with Crippen molar-refractivity contribution < 1.29 is 4.42 Å². The van der Waals surface area contributed by atoms with Gasteiger partial charge in [0, 0.05) is 37.4 Å². The van der Waals surface area contributed by atoms with Gasteiger partial charge in [-0.1, -0.05) is 116 Å². The average Bonchev–Trinajstić information content (AvgIpc) is 3.83. The highest BCUT2D eigenvalue weighted by atomic mass is 32.1. The van der Waals surface area contributed by atoms with Crippen molar-refractivity contribution in [1.82, 2.24) is 9.97 Å². The normalized spacial score (nSPS) is 15.0. The van der Waals surface area contributed by atoms with Crippen molar-refractivity contribution in [1.29, 1.82) is 0 Å². The maximum Gasteiger partial charge on any atom is 0.160 e. The summed E-state index contributed by atoms with van der Waals surface area (Å²) in [5.74, 6) is 0.732. The van der Waals surface area contributed by atoms with Crippen LogP contribution in [0.15, 0.2) is 138 Å². The summed E-state index contributed by atoms with van der Waals surface area (Å²) < 4.78 is 8.62. The molecule has 1 fully saturated rings. The van der Waals surface area contributed by atoms with Gasteiger partial charge in [0.25, 0.3) is 0 Å². The number of fused-ring (bicyclic) bond motifs is 11. The summed E-state index contributed by atoms with van der Waals surface area (Å²) in [7, 11) is 0.